The molecule has 2 aliphatic carbocycles. The fourth-order valence-electron chi connectivity index (χ4n) is 2.68. The summed E-state index contributed by atoms with van der Waals surface area (Å²) >= 11 is 1.07. The van der Waals surface area contributed by atoms with Crippen molar-refractivity contribution in [3.05, 3.63) is 33.9 Å². The number of nitro groups is 1. The Kier molecular flexibility index (Phi) is 3.67. The van der Waals surface area contributed by atoms with Crippen molar-refractivity contribution in [1.29, 1.82) is 0 Å². The summed E-state index contributed by atoms with van der Waals surface area (Å²) in [5.41, 5.74) is -0.556. The van der Waals surface area contributed by atoms with Gasteiger partial charge >= 0.3 is 5.69 Å². The van der Waals surface area contributed by atoms with Crippen LogP contribution in [-0.4, -0.2) is 26.8 Å². The Labute approximate surface area is 141 Å². The number of aromatic nitrogens is 3. The minimum absolute atomic E-state index is 0.175. The van der Waals surface area contributed by atoms with E-state index in [1.54, 1.807) is 0 Å². The number of hydrogen-bond donors (Lipinski definition) is 0. The van der Waals surface area contributed by atoms with Crippen molar-refractivity contribution in [2.75, 3.05) is 7.11 Å². The van der Waals surface area contributed by atoms with Crippen molar-refractivity contribution in [3.8, 4) is 5.75 Å². The van der Waals surface area contributed by atoms with Gasteiger partial charge in [0.15, 0.2) is 5.16 Å². The number of benzene rings is 1. The van der Waals surface area contributed by atoms with Gasteiger partial charge in [0.05, 0.1) is 16.9 Å². The summed E-state index contributed by atoms with van der Waals surface area (Å²) in [6.07, 6.45) is 4.31. The second kappa shape index (κ2) is 5.73. The predicted octanol–water partition coefficient (Wildman–Crippen LogP) is 3.70. The molecule has 0 radical (unpaired) electrons. The highest BCUT2D eigenvalue weighted by molar-refractivity contribution is 7.99. The molecule has 1 aromatic carbocycles. The Morgan fingerprint density at radius 3 is 2.67 bits per heavy atom. The molecule has 7 nitrogen and oxygen atoms in total. The molecule has 0 unspecified atom stereocenters. The smallest absolute Gasteiger partial charge is 0.318 e. The van der Waals surface area contributed by atoms with Crippen molar-refractivity contribution < 1.29 is 14.1 Å². The third-order valence-corrected chi connectivity index (χ3v) is 5.16. The molecule has 0 amide bonds. The van der Waals surface area contributed by atoms with Crippen LogP contribution >= 0.6 is 11.8 Å². The molecule has 126 valence electrons. The van der Waals surface area contributed by atoms with E-state index in [0.29, 0.717) is 17.1 Å². The summed E-state index contributed by atoms with van der Waals surface area (Å²) in [4.78, 5) is 10.7. The van der Waals surface area contributed by atoms with E-state index in [4.69, 9.17) is 4.74 Å². The summed E-state index contributed by atoms with van der Waals surface area (Å²) in [6.45, 7) is 0. The van der Waals surface area contributed by atoms with Gasteiger partial charge in [-0.1, -0.05) is 0 Å². The summed E-state index contributed by atoms with van der Waals surface area (Å²) < 4.78 is 21.2. The van der Waals surface area contributed by atoms with E-state index in [0.717, 1.165) is 49.3 Å². The molecule has 2 saturated carbocycles. The Morgan fingerprint density at radius 2 is 2.08 bits per heavy atom. The van der Waals surface area contributed by atoms with Crippen LogP contribution in [0.15, 0.2) is 22.2 Å². The summed E-state index contributed by atoms with van der Waals surface area (Å²) in [7, 11) is 1.40. The van der Waals surface area contributed by atoms with Crippen molar-refractivity contribution in [3.63, 3.8) is 0 Å². The molecule has 2 aromatic rings. The molecular formula is C15H15FN4O3S. The second-order valence-corrected chi connectivity index (χ2v) is 7.04. The van der Waals surface area contributed by atoms with Crippen molar-refractivity contribution >= 4 is 17.4 Å². The monoisotopic (exact) mass is 350 g/mol. The fourth-order valence-corrected chi connectivity index (χ4v) is 3.74. The zero-order chi connectivity index (χ0) is 16.8. The van der Waals surface area contributed by atoms with Gasteiger partial charge in [0, 0.05) is 24.1 Å². The van der Waals surface area contributed by atoms with Crippen LogP contribution in [0.25, 0.3) is 0 Å². The first kappa shape index (κ1) is 15.4. The van der Waals surface area contributed by atoms with Crippen LogP contribution in [0.2, 0.25) is 0 Å². The van der Waals surface area contributed by atoms with Gasteiger partial charge < -0.3 is 9.30 Å². The molecule has 24 heavy (non-hydrogen) atoms. The molecule has 0 saturated heterocycles. The largest absolute Gasteiger partial charge is 0.497 e. The summed E-state index contributed by atoms with van der Waals surface area (Å²) in [5.74, 6) is 0.706. The standard InChI is InChI=1S/C15H15FN4O3S/c1-23-10-6-11(16)13(20(21)22)12(7-10)24-15-18-17-14(8-2-3-8)19(15)9-4-5-9/h6-9H,2-5H2,1H3. The SMILES string of the molecule is COc1cc(F)c([N+](=O)[O-])c(Sc2nnc(C3CC3)n2C2CC2)c1. The lowest BCUT2D eigenvalue weighted by atomic mass is 10.3. The zero-order valence-electron chi connectivity index (χ0n) is 12.9. The Hall–Kier alpha value is -2.16. The highest BCUT2D eigenvalue weighted by atomic mass is 32.2. The molecule has 1 heterocycles. The van der Waals surface area contributed by atoms with Gasteiger partial charge in [-0.05, 0) is 37.4 Å². The fraction of sp³-hybridized carbons (Fsp3) is 0.467. The van der Waals surface area contributed by atoms with Crippen LogP contribution in [0, 0.1) is 15.9 Å². The molecule has 0 aliphatic heterocycles. The maximum atomic E-state index is 14.1. The predicted molar refractivity (Wildman–Crippen MR) is 84.0 cm³/mol. The van der Waals surface area contributed by atoms with Crippen LogP contribution in [0.5, 0.6) is 5.75 Å². The second-order valence-electron chi connectivity index (χ2n) is 6.03. The topological polar surface area (TPSA) is 83.1 Å². The summed E-state index contributed by atoms with van der Waals surface area (Å²) in [6, 6.07) is 2.84. The van der Waals surface area contributed by atoms with Crippen LogP contribution in [-0.2, 0) is 0 Å². The minimum atomic E-state index is -0.915. The van der Waals surface area contributed by atoms with Gasteiger partial charge in [-0.25, -0.2) is 0 Å². The molecule has 2 fully saturated rings. The Balaban J connectivity index is 1.75. The molecule has 0 atom stereocenters. The Morgan fingerprint density at radius 1 is 1.33 bits per heavy atom. The average molecular weight is 350 g/mol. The molecular weight excluding hydrogens is 335 g/mol. The molecule has 4 rings (SSSR count). The van der Waals surface area contributed by atoms with Gasteiger partial charge in [0.25, 0.3) is 0 Å². The Bertz CT molecular complexity index is 817. The van der Waals surface area contributed by atoms with Gasteiger partial charge in [-0.15, -0.1) is 10.2 Å². The minimum Gasteiger partial charge on any atom is -0.497 e. The zero-order valence-corrected chi connectivity index (χ0v) is 13.8. The third kappa shape index (κ3) is 2.72. The van der Waals surface area contributed by atoms with Crippen molar-refractivity contribution in [1.82, 2.24) is 14.8 Å². The average Bonchev–Trinajstić information content (AvgIpc) is 3.45. The first-order chi connectivity index (χ1) is 11.6. The first-order valence-corrected chi connectivity index (χ1v) is 8.54. The van der Waals surface area contributed by atoms with Crippen molar-refractivity contribution in [2.45, 2.75) is 47.7 Å². The van der Waals surface area contributed by atoms with E-state index in [-0.39, 0.29) is 10.6 Å². The van der Waals surface area contributed by atoms with Gasteiger partial charge in [-0.2, -0.15) is 4.39 Å². The van der Waals surface area contributed by atoms with E-state index in [1.807, 2.05) is 0 Å². The first-order valence-electron chi connectivity index (χ1n) is 7.73. The molecule has 0 bridgehead atoms. The van der Waals surface area contributed by atoms with Crippen molar-refractivity contribution in [2.24, 2.45) is 0 Å². The van der Waals surface area contributed by atoms with Gasteiger partial charge in [0.1, 0.15) is 11.6 Å². The van der Waals surface area contributed by atoms with E-state index in [9.17, 15) is 14.5 Å². The number of ether oxygens (including phenoxy) is 1. The van der Waals surface area contributed by atoms with Crippen LogP contribution in [0.1, 0.15) is 43.5 Å². The lowest BCUT2D eigenvalue weighted by Gasteiger charge is -2.09. The maximum Gasteiger partial charge on any atom is 0.318 e. The maximum absolute atomic E-state index is 14.1. The highest BCUT2D eigenvalue weighted by Crippen LogP contribution is 2.48. The molecule has 1 aromatic heterocycles. The molecule has 2 aliphatic rings. The molecule has 9 heteroatoms. The normalized spacial score (nSPS) is 17.1. The number of rotatable bonds is 6. The molecule has 0 N–H and O–H groups in total. The van der Waals surface area contributed by atoms with Crippen LogP contribution in [0.4, 0.5) is 10.1 Å². The molecule has 0 spiro atoms. The lowest BCUT2D eigenvalue weighted by Crippen LogP contribution is -2.02. The number of halogens is 1. The van der Waals surface area contributed by atoms with E-state index in [1.165, 1.54) is 13.2 Å². The number of nitro benzene ring substituents is 1. The van der Waals surface area contributed by atoms with Crippen LogP contribution in [0.3, 0.4) is 0 Å². The number of nitrogens with zero attached hydrogens (tertiary/aromatic N) is 4. The number of methoxy groups -OCH3 is 1. The summed E-state index contributed by atoms with van der Waals surface area (Å²) in [5, 5.41) is 20.3. The van der Waals surface area contributed by atoms with Gasteiger partial charge in [-0.3, -0.25) is 10.1 Å². The quantitative estimate of drug-likeness (QED) is 0.583. The van der Waals surface area contributed by atoms with Gasteiger partial charge in [0.2, 0.25) is 5.82 Å². The number of hydrogen-bond acceptors (Lipinski definition) is 6. The van der Waals surface area contributed by atoms with E-state index >= 15 is 0 Å². The van der Waals surface area contributed by atoms with E-state index < -0.39 is 16.4 Å². The lowest BCUT2D eigenvalue weighted by molar-refractivity contribution is -0.390. The van der Waals surface area contributed by atoms with E-state index in [2.05, 4.69) is 14.8 Å². The highest BCUT2D eigenvalue weighted by Gasteiger charge is 2.37. The van der Waals surface area contributed by atoms with Crippen LogP contribution < -0.4 is 4.74 Å². The third-order valence-electron chi connectivity index (χ3n) is 4.17.